The van der Waals surface area contributed by atoms with Crippen molar-refractivity contribution >= 4 is 45.7 Å². The first-order valence-electron chi connectivity index (χ1n) is 9.60. The molecule has 0 unspecified atom stereocenters. The summed E-state index contributed by atoms with van der Waals surface area (Å²) in [5.74, 6) is -0.356. The topological polar surface area (TPSA) is 74.2 Å². The molecule has 1 aliphatic carbocycles. The average Bonchev–Trinajstić information content (AvgIpc) is 2.71. The third-order valence-corrected chi connectivity index (χ3v) is 5.80. The number of anilines is 1. The Morgan fingerprint density at radius 2 is 1.66 bits per heavy atom. The number of hydrogen-bond acceptors (Lipinski definition) is 4. The van der Waals surface area contributed by atoms with Crippen molar-refractivity contribution in [1.82, 2.24) is 10.3 Å². The van der Waals surface area contributed by atoms with Crippen LogP contribution in [-0.4, -0.2) is 28.1 Å². The van der Waals surface area contributed by atoms with E-state index >= 15 is 0 Å². The third kappa shape index (κ3) is 4.57. The SMILES string of the molecule is O=C(NC1CCC(Nc2ccnc3cc(Cl)ccc23)CC1)c1cc(Cl)ccc1O. The molecule has 4 rings (SSSR count). The normalized spacial score (nSPS) is 19.1. The molecule has 0 radical (unpaired) electrons. The molecular formula is C22H21Cl2N3O2. The van der Waals surface area contributed by atoms with Crippen molar-refractivity contribution in [3.05, 3.63) is 64.3 Å². The molecule has 0 atom stereocenters. The van der Waals surface area contributed by atoms with Gasteiger partial charge in [0.2, 0.25) is 0 Å². The van der Waals surface area contributed by atoms with Crippen molar-refractivity contribution in [3.8, 4) is 5.75 Å². The molecule has 0 aliphatic heterocycles. The van der Waals surface area contributed by atoms with Crippen LogP contribution >= 0.6 is 23.2 Å². The number of aromatic nitrogens is 1. The van der Waals surface area contributed by atoms with Crippen molar-refractivity contribution in [3.63, 3.8) is 0 Å². The van der Waals surface area contributed by atoms with E-state index in [4.69, 9.17) is 23.2 Å². The zero-order valence-electron chi connectivity index (χ0n) is 15.7. The summed E-state index contributed by atoms with van der Waals surface area (Å²) in [5.41, 5.74) is 2.12. The van der Waals surface area contributed by atoms with Crippen LogP contribution in [0.4, 0.5) is 5.69 Å². The largest absolute Gasteiger partial charge is 0.507 e. The van der Waals surface area contributed by atoms with E-state index in [0.717, 1.165) is 42.3 Å². The van der Waals surface area contributed by atoms with Gasteiger partial charge in [-0.3, -0.25) is 9.78 Å². The molecule has 3 N–H and O–H groups in total. The van der Waals surface area contributed by atoms with Gasteiger partial charge in [-0.15, -0.1) is 0 Å². The number of amides is 1. The maximum absolute atomic E-state index is 12.5. The van der Waals surface area contributed by atoms with Gasteiger partial charge < -0.3 is 15.7 Å². The molecule has 1 amide bonds. The van der Waals surface area contributed by atoms with Gasteiger partial charge in [0.1, 0.15) is 5.75 Å². The van der Waals surface area contributed by atoms with E-state index < -0.39 is 0 Å². The first-order valence-corrected chi connectivity index (χ1v) is 10.4. The Morgan fingerprint density at radius 3 is 2.45 bits per heavy atom. The Bertz CT molecular complexity index is 1050. The maximum atomic E-state index is 12.5. The fourth-order valence-electron chi connectivity index (χ4n) is 3.80. The fourth-order valence-corrected chi connectivity index (χ4v) is 4.14. The molecule has 1 heterocycles. The number of halogens is 2. The van der Waals surface area contributed by atoms with E-state index in [9.17, 15) is 9.90 Å². The number of carbonyl (C=O) groups is 1. The number of pyridine rings is 1. The van der Waals surface area contributed by atoms with Crippen molar-refractivity contribution in [2.24, 2.45) is 0 Å². The predicted molar refractivity (Wildman–Crippen MR) is 117 cm³/mol. The van der Waals surface area contributed by atoms with E-state index in [-0.39, 0.29) is 23.3 Å². The van der Waals surface area contributed by atoms with Gasteiger partial charge in [-0.25, -0.2) is 0 Å². The van der Waals surface area contributed by atoms with E-state index in [1.165, 1.54) is 12.1 Å². The van der Waals surface area contributed by atoms with E-state index in [1.54, 1.807) is 12.3 Å². The zero-order chi connectivity index (χ0) is 20.4. The second-order valence-electron chi connectivity index (χ2n) is 7.35. The Labute approximate surface area is 179 Å². The third-order valence-electron chi connectivity index (χ3n) is 5.33. The second kappa shape index (κ2) is 8.47. The van der Waals surface area contributed by atoms with Crippen LogP contribution < -0.4 is 10.6 Å². The number of fused-ring (bicyclic) bond motifs is 1. The lowest BCUT2D eigenvalue weighted by molar-refractivity contribution is 0.0924. The van der Waals surface area contributed by atoms with Crippen molar-refractivity contribution < 1.29 is 9.90 Å². The minimum atomic E-state index is -0.293. The number of phenols is 1. The molecule has 1 aromatic heterocycles. The van der Waals surface area contributed by atoms with Gasteiger partial charge >= 0.3 is 0 Å². The summed E-state index contributed by atoms with van der Waals surface area (Å²) < 4.78 is 0. The Balaban J connectivity index is 1.36. The van der Waals surface area contributed by atoms with Gasteiger partial charge in [0.25, 0.3) is 5.91 Å². The van der Waals surface area contributed by atoms with Crippen LogP contribution in [0.3, 0.4) is 0 Å². The van der Waals surface area contributed by atoms with E-state index in [1.807, 2.05) is 24.3 Å². The summed E-state index contributed by atoms with van der Waals surface area (Å²) in [6, 6.07) is 12.6. The van der Waals surface area contributed by atoms with Gasteiger partial charge in [0.15, 0.2) is 0 Å². The van der Waals surface area contributed by atoms with Gasteiger partial charge in [-0.2, -0.15) is 0 Å². The second-order valence-corrected chi connectivity index (χ2v) is 8.22. The number of benzene rings is 2. The Hall–Kier alpha value is -2.50. The summed E-state index contributed by atoms with van der Waals surface area (Å²) >= 11 is 12.0. The molecule has 1 saturated carbocycles. The molecule has 1 fully saturated rings. The molecule has 150 valence electrons. The summed E-state index contributed by atoms with van der Waals surface area (Å²) in [7, 11) is 0. The van der Waals surface area contributed by atoms with Gasteiger partial charge in [0, 0.05) is 39.4 Å². The first-order chi connectivity index (χ1) is 14.0. The number of phenolic OH excluding ortho intramolecular Hbond substituents is 1. The summed E-state index contributed by atoms with van der Waals surface area (Å²) in [4.78, 5) is 16.9. The lowest BCUT2D eigenvalue weighted by Gasteiger charge is -2.30. The lowest BCUT2D eigenvalue weighted by atomic mass is 9.90. The predicted octanol–water partition coefficient (Wildman–Crippen LogP) is 5.40. The number of rotatable bonds is 4. The van der Waals surface area contributed by atoms with Crippen molar-refractivity contribution in [2.45, 2.75) is 37.8 Å². The average molecular weight is 430 g/mol. The number of aromatic hydroxyl groups is 1. The van der Waals surface area contributed by atoms with Crippen LogP contribution in [0.5, 0.6) is 5.75 Å². The smallest absolute Gasteiger partial charge is 0.255 e. The molecule has 7 heteroatoms. The van der Waals surface area contributed by atoms with Gasteiger partial charge in [-0.05, 0) is 68.1 Å². The molecule has 0 saturated heterocycles. The van der Waals surface area contributed by atoms with Crippen LogP contribution in [0.15, 0.2) is 48.7 Å². The number of nitrogens with zero attached hydrogens (tertiary/aromatic N) is 1. The molecule has 29 heavy (non-hydrogen) atoms. The summed E-state index contributed by atoms with van der Waals surface area (Å²) in [5, 5.41) is 18.7. The molecular weight excluding hydrogens is 409 g/mol. The highest BCUT2D eigenvalue weighted by molar-refractivity contribution is 6.31. The zero-order valence-corrected chi connectivity index (χ0v) is 17.2. The van der Waals surface area contributed by atoms with E-state index in [0.29, 0.717) is 16.1 Å². The summed E-state index contributed by atoms with van der Waals surface area (Å²) in [6.07, 6.45) is 5.37. The van der Waals surface area contributed by atoms with Crippen LogP contribution in [0.2, 0.25) is 10.0 Å². The Morgan fingerprint density at radius 1 is 0.966 bits per heavy atom. The monoisotopic (exact) mass is 429 g/mol. The van der Waals surface area contributed by atoms with Crippen LogP contribution in [-0.2, 0) is 0 Å². The number of nitrogens with one attached hydrogen (secondary N) is 2. The van der Waals surface area contributed by atoms with Crippen LogP contribution in [0.1, 0.15) is 36.0 Å². The molecule has 2 aromatic carbocycles. The van der Waals surface area contributed by atoms with Gasteiger partial charge in [0.05, 0.1) is 11.1 Å². The maximum Gasteiger partial charge on any atom is 0.255 e. The quantitative estimate of drug-likeness (QED) is 0.518. The number of hydrogen-bond donors (Lipinski definition) is 3. The highest BCUT2D eigenvalue weighted by Crippen LogP contribution is 2.29. The molecule has 1 aliphatic rings. The lowest BCUT2D eigenvalue weighted by Crippen LogP contribution is -2.40. The standard InChI is InChI=1S/C22H21Cl2N3O2/c23-13-2-8-21(28)18(11-13)22(29)27-16-5-3-15(4-6-16)26-19-9-10-25-20-12-14(24)1-7-17(19)20/h1-2,7-12,15-16,28H,3-6H2,(H,25,26)(H,27,29). The molecule has 0 spiro atoms. The molecule has 5 nitrogen and oxygen atoms in total. The summed E-state index contributed by atoms with van der Waals surface area (Å²) in [6.45, 7) is 0. The minimum absolute atomic E-state index is 0.0630. The van der Waals surface area contributed by atoms with E-state index in [2.05, 4.69) is 15.6 Å². The highest BCUT2D eigenvalue weighted by Gasteiger charge is 2.24. The number of carbonyl (C=O) groups excluding carboxylic acids is 1. The first kappa shape index (κ1) is 19.8. The van der Waals surface area contributed by atoms with Crippen molar-refractivity contribution in [1.29, 1.82) is 0 Å². The molecule has 3 aromatic rings. The minimum Gasteiger partial charge on any atom is -0.507 e. The van der Waals surface area contributed by atoms with Crippen molar-refractivity contribution in [2.75, 3.05) is 5.32 Å². The Kier molecular flexibility index (Phi) is 5.79. The van der Waals surface area contributed by atoms with Crippen LogP contribution in [0, 0.1) is 0 Å². The van der Waals surface area contributed by atoms with Crippen LogP contribution in [0.25, 0.3) is 10.9 Å². The highest BCUT2D eigenvalue weighted by atomic mass is 35.5. The molecule has 0 bridgehead atoms. The fraction of sp³-hybridized carbons (Fsp3) is 0.273. The van der Waals surface area contributed by atoms with Gasteiger partial charge in [-0.1, -0.05) is 23.2 Å².